The van der Waals surface area contributed by atoms with Gasteiger partial charge in [0.25, 0.3) is 0 Å². The van der Waals surface area contributed by atoms with Gasteiger partial charge < -0.3 is 5.11 Å². The highest BCUT2D eigenvalue weighted by Gasteiger charge is 2.29. The highest BCUT2D eigenvalue weighted by atomic mass is 16.4. The van der Waals surface area contributed by atoms with E-state index in [-0.39, 0.29) is 11.6 Å². The molecular formula is C19H14O4. The molecule has 1 unspecified atom stereocenters. The van der Waals surface area contributed by atoms with Crippen LogP contribution in [0.1, 0.15) is 44.3 Å². The lowest BCUT2D eigenvalue weighted by Gasteiger charge is -2.17. The molecule has 0 saturated heterocycles. The van der Waals surface area contributed by atoms with Crippen LogP contribution in [0.25, 0.3) is 6.08 Å². The minimum Gasteiger partial charge on any atom is -0.481 e. The Morgan fingerprint density at radius 3 is 2.13 bits per heavy atom. The normalized spacial score (nSPS) is 14.5. The highest BCUT2D eigenvalue weighted by Crippen LogP contribution is 2.28. The number of hydrogen-bond acceptors (Lipinski definition) is 3. The summed E-state index contributed by atoms with van der Waals surface area (Å²) in [5.74, 6) is -1.88. The average molecular weight is 306 g/mol. The number of benzene rings is 2. The quantitative estimate of drug-likeness (QED) is 0.806. The van der Waals surface area contributed by atoms with E-state index in [0.717, 1.165) is 0 Å². The molecule has 1 atom stereocenters. The second kappa shape index (κ2) is 5.65. The van der Waals surface area contributed by atoms with Crippen LogP contribution < -0.4 is 0 Å². The molecule has 1 N–H and O–H groups in total. The Hall–Kier alpha value is -3.01. The minimum atomic E-state index is -0.917. The largest absolute Gasteiger partial charge is 0.481 e. The van der Waals surface area contributed by atoms with Crippen LogP contribution in [0, 0.1) is 5.92 Å². The van der Waals surface area contributed by atoms with E-state index < -0.39 is 11.9 Å². The van der Waals surface area contributed by atoms with Gasteiger partial charge >= 0.3 is 5.97 Å². The average Bonchev–Trinajstić information content (AvgIpc) is 2.57. The zero-order valence-electron chi connectivity index (χ0n) is 12.4. The van der Waals surface area contributed by atoms with E-state index >= 15 is 0 Å². The van der Waals surface area contributed by atoms with E-state index in [2.05, 4.69) is 0 Å². The Balaban J connectivity index is 2.02. The van der Waals surface area contributed by atoms with Crippen LogP contribution in [-0.2, 0) is 4.79 Å². The van der Waals surface area contributed by atoms with Gasteiger partial charge in [0, 0.05) is 22.3 Å². The van der Waals surface area contributed by atoms with Crippen molar-refractivity contribution in [1.82, 2.24) is 0 Å². The van der Waals surface area contributed by atoms with Crippen LogP contribution in [-0.4, -0.2) is 22.6 Å². The molecule has 4 nitrogen and oxygen atoms in total. The van der Waals surface area contributed by atoms with E-state index in [4.69, 9.17) is 5.11 Å². The number of ketones is 2. The molecule has 0 saturated carbocycles. The third-order valence-corrected chi connectivity index (χ3v) is 3.92. The van der Waals surface area contributed by atoms with Gasteiger partial charge in [-0.05, 0) is 24.6 Å². The maximum atomic E-state index is 12.6. The van der Waals surface area contributed by atoms with E-state index in [0.29, 0.717) is 27.8 Å². The van der Waals surface area contributed by atoms with Crippen LogP contribution in [0.3, 0.4) is 0 Å². The van der Waals surface area contributed by atoms with Gasteiger partial charge in [-0.3, -0.25) is 14.4 Å². The smallest absolute Gasteiger partial charge is 0.310 e. The van der Waals surface area contributed by atoms with Crippen LogP contribution in [0.2, 0.25) is 0 Å². The summed E-state index contributed by atoms with van der Waals surface area (Å²) < 4.78 is 0. The first-order valence-corrected chi connectivity index (χ1v) is 7.22. The summed E-state index contributed by atoms with van der Waals surface area (Å²) in [6.45, 7) is 1.57. The molecule has 0 aliphatic heterocycles. The summed E-state index contributed by atoms with van der Waals surface area (Å²) in [5, 5.41) is 8.89. The summed E-state index contributed by atoms with van der Waals surface area (Å²) in [6, 6.07) is 11.7. The fourth-order valence-electron chi connectivity index (χ4n) is 2.56. The molecular weight excluding hydrogens is 292 g/mol. The fourth-order valence-corrected chi connectivity index (χ4v) is 2.56. The lowest BCUT2D eigenvalue weighted by atomic mass is 9.83. The molecule has 2 aromatic carbocycles. The molecule has 2 aromatic rings. The molecule has 0 spiro atoms. The number of carbonyl (C=O) groups is 3. The standard InChI is InChI=1S/C19H14O4/c1-11(19(22)23)6-7-12-8-9-15-16(10-12)18(21)14-5-3-2-4-13(14)17(15)20/h2-11H,1H3,(H,22,23). The predicted molar refractivity (Wildman–Crippen MR) is 85.6 cm³/mol. The van der Waals surface area contributed by atoms with Gasteiger partial charge in [-0.15, -0.1) is 0 Å². The summed E-state index contributed by atoms with van der Waals surface area (Å²) in [7, 11) is 0. The number of rotatable bonds is 3. The molecule has 0 fully saturated rings. The van der Waals surface area contributed by atoms with E-state index in [1.54, 1.807) is 61.5 Å². The van der Waals surface area contributed by atoms with Crippen molar-refractivity contribution in [2.75, 3.05) is 0 Å². The van der Waals surface area contributed by atoms with Gasteiger partial charge in [-0.1, -0.05) is 42.5 Å². The second-order valence-electron chi connectivity index (χ2n) is 5.49. The van der Waals surface area contributed by atoms with Crippen molar-refractivity contribution in [2.45, 2.75) is 6.92 Å². The van der Waals surface area contributed by atoms with Crippen molar-refractivity contribution in [1.29, 1.82) is 0 Å². The molecule has 0 bridgehead atoms. The van der Waals surface area contributed by atoms with E-state index in [1.165, 1.54) is 0 Å². The highest BCUT2D eigenvalue weighted by molar-refractivity contribution is 6.28. The lowest BCUT2D eigenvalue weighted by Crippen LogP contribution is -2.20. The van der Waals surface area contributed by atoms with Gasteiger partial charge in [0.05, 0.1) is 5.92 Å². The van der Waals surface area contributed by atoms with E-state index in [9.17, 15) is 14.4 Å². The van der Waals surface area contributed by atoms with Crippen molar-refractivity contribution < 1.29 is 19.5 Å². The van der Waals surface area contributed by atoms with Crippen LogP contribution in [0.4, 0.5) is 0 Å². The molecule has 0 amide bonds. The molecule has 0 aromatic heterocycles. The first-order valence-electron chi connectivity index (χ1n) is 7.22. The van der Waals surface area contributed by atoms with Gasteiger partial charge in [-0.2, -0.15) is 0 Å². The maximum absolute atomic E-state index is 12.6. The summed E-state index contributed by atoms with van der Waals surface area (Å²) in [6.07, 6.45) is 3.20. The monoisotopic (exact) mass is 306 g/mol. The number of carboxylic acid groups (broad SMARTS) is 1. The van der Waals surface area contributed by atoms with Crippen LogP contribution >= 0.6 is 0 Å². The Kier molecular flexibility index (Phi) is 3.66. The van der Waals surface area contributed by atoms with Crippen molar-refractivity contribution in [3.8, 4) is 0 Å². The first-order chi connectivity index (χ1) is 11.0. The molecule has 4 heteroatoms. The molecule has 23 heavy (non-hydrogen) atoms. The summed E-state index contributed by atoms with van der Waals surface area (Å²) in [5.41, 5.74) is 2.27. The zero-order chi connectivity index (χ0) is 16.6. The van der Waals surface area contributed by atoms with Crippen molar-refractivity contribution in [3.05, 3.63) is 76.4 Å². The third kappa shape index (κ3) is 2.59. The Morgan fingerprint density at radius 2 is 1.52 bits per heavy atom. The number of carbonyl (C=O) groups excluding carboxylic acids is 2. The number of aliphatic carboxylic acids is 1. The van der Waals surface area contributed by atoms with Crippen molar-refractivity contribution >= 4 is 23.6 Å². The molecule has 1 aliphatic carbocycles. The Bertz CT molecular complexity index is 861. The lowest BCUT2D eigenvalue weighted by molar-refractivity contribution is -0.139. The number of hydrogen-bond donors (Lipinski definition) is 1. The molecule has 0 radical (unpaired) electrons. The molecule has 1 aliphatic rings. The molecule has 0 heterocycles. The van der Waals surface area contributed by atoms with Gasteiger partial charge in [0.2, 0.25) is 0 Å². The van der Waals surface area contributed by atoms with Crippen molar-refractivity contribution in [2.24, 2.45) is 5.92 Å². The van der Waals surface area contributed by atoms with Gasteiger partial charge in [-0.25, -0.2) is 0 Å². The van der Waals surface area contributed by atoms with Crippen LogP contribution in [0.15, 0.2) is 48.5 Å². The van der Waals surface area contributed by atoms with Crippen LogP contribution in [0.5, 0.6) is 0 Å². The first kappa shape index (κ1) is 14.9. The Labute approximate surface area is 133 Å². The van der Waals surface area contributed by atoms with Crippen molar-refractivity contribution in [3.63, 3.8) is 0 Å². The van der Waals surface area contributed by atoms with Gasteiger partial charge in [0.1, 0.15) is 0 Å². The SMILES string of the molecule is CC(C=Cc1ccc2c(c1)C(=O)c1ccccc1C2=O)C(=O)O. The van der Waals surface area contributed by atoms with E-state index in [1.807, 2.05) is 0 Å². The predicted octanol–water partition coefficient (Wildman–Crippen LogP) is 3.20. The zero-order valence-corrected chi connectivity index (χ0v) is 12.4. The summed E-state index contributed by atoms with van der Waals surface area (Å²) >= 11 is 0. The third-order valence-electron chi connectivity index (χ3n) is 3.92. The molecule has 114 valence electrons. The number of fused-ring (bicyclic) bond motifs is 2. The maximum Gasteiger partial charge on any atom is 0.310 e. The Morgan fingerprint density at radius 1 is 0.957 bits per heavy atom. The fraction of sp³-hybridized carbons (Fsp3) is 0.105. The minimum absolute atomic E-state index is 0.162. The summed E-state index contributed by atoms with van der Waals surface area (Å²) in [4.78, 5) is 35.9. The second-order valence-corrected chi connectivity index (χ2v) is 5.49. The van der Waals surface area contributed by atoms with Gasteiger partial charge in [0.15, 0.2) is 11.6 Å². The number of carboxylic acids is 1. The molecule has 3 rings (SSSR count). The topological polar surface area (TPSA) is 71.4 Å².